The number of hydrogen-bond acceptors (Lipinski definition) is 7. The highest BCUT2D eigenvalue weighted by atomic mass is 32.1. The molecule has 0 unspecified atom stereocenters. The van der Waals surface area contributed by atoms with Crippen molar-refractivity contribution >= 4 is 44.1 Å². The number of fused-ring (bicyclic) bond motifs is 1. The molecular weight excluding hydrogens is 356 g/mol. The number of thiazole rings is 2. The van der Waals surface area contributed by atoms with Gasteiger partial charge in [0.2, 0.25) is 0 Å². The summed E-state index contributed by atoms with van der Waals surface area (Å²) in [7, 11) is 1.72. The average Bonchev–Trinajstić information content (AvgIpc) is 3.26. The molecule has 0 aliphatic carbocycles. The van der Waals surface area contributed by atoms with Crippen LogP contribution in [0.5, 0.6) is 0 Å². The monoisotopic (exact) mass is 370 g/mol. The van der Waals surface area contributed by atoms with E-state index in [0.717, 1.165) is 26.7 Å². The molecule has 126 valence electrons. The highest BCUT2D eigenvalue weighted by molar-refractivity contribution is 7.22. The maximum absolute atomic E-state index is 12.3. The van der Waals surface area contributed by atoms with Crippen LogP contribution in [0.15, 0.2) is 24.4 Å². The van der Waals surface area contributed by atoms with Crippen LogP contribution in [-0.4, -0.2) is 30.6 Å². The van der Waals surface area contributed by atoms with Crippen LogP contribution in [0.1, 0.15) is 21.1 Å². The van der Waals surface area contributed by atoms with E-state index in [2.05, 4.69) is 25.4 Å². The molecule has 0 radical (unpaired) electrons. The van der Waals surface area contributed by atoms with Gasteiger partial charge in [0.05, 0.1) is 5.69 Å². The third-order valence-electron chi connectivity index (χ3n) is 3.78. The van der Waals surface area contributed by atoms with Crippen molar-refractivity contribution < 1.29 is 4.79 Å². The second-order valence-electron chi connectivity index (χ2n) is 5.49. The Hall–Kier alpha value is -2.65. The van der Waals surface area contributed by atoms with Gasteiger partial charge in [0.15, 0.2) is 5.13 Å². The molecule has 4 rings (SSSR count). The Morgan fingerprint density at radius 3 is 2.64 bits per heavy atom. The number of nitrogens with zero attached hydrogens (tertiary/aromatic N) is 5. The Morgan fingerprint density at radius 1 is 1.12 bits per heavy atom. The van der Waals surface area contributed by atoms with Crippen LogP contribution in [0, 0.1) is 13.8 Å². The van der Waals surface area contributed by atoms with Gasteiger partial charge in [-0.05, 0) is 32.0 Å². The Balaban J connectivity index is 1.64. The van der Waals surface area contributed by atoms with Crippen molar-refractivity contribution in [2.75, 3.05) is 5.32 Å². The number of rotatable bonds is 3. The number of carbonyl (C=O) groups excluding carboxylic acids is 1. The standard InChI is InChI=1S/C16H14N6OS2/c1-8-9(2)24-14(18-8)10-4-5-11-15(19-10)25-16(20-11)21-13(23)12-6-7-17-22(12)3/h4-7H,1-3H3,(H,20,21,23). The van der Waals surface area contributed by atoms with Crippen LogP contribution in [0.2, 0.25) is 0 Å². The third-order valence-corrected chi connectivity index (χ3v) is 5.75. The number of carbonyl (C=O) groups is 1. The van der Waals surface area contributed by atoms with Crippen LogP contribution in [0.25, 0.3) is 21.0 Å². The lowest BCUT2D eigenvalue weighted by Gasteiger charge is -2.00. The molecule has 0 saturated heterocycles. The number of aryl methyl sites for hydroxylation is 3. The molecule has 0 saturated carbocycles. The molecule has 9 heteroatoms. The van der Waals surface area contributed by atoms with E-state index in [-0.39, 0.29) is 5.91 Å². The fraction of sp³-hybridized carbons (Fsp3) is 0.188. The molecule has 1 N–H and O–H groups in total. The Morgan fingerprint density at radius 2 is 1.96 bits per heavy atom. The normalized spacial score (nSPS) is 11.2. The molecule has 0 bridgehead atoms. The number of pyridine rings is 1. The maximum Gasteiger partial charge on any atom is 0.275 e. The number of aromatic nitrogens is 5. The van der Waals surface area contributed by atoms with E-state index in [1.807, 2.05) is 26.0 Å². The Kier molecular flexibility index (Phi) is 3.81. The quantitative estimate of drug-likeness (QED) is 0.597. The Bertz CT molecular complexity index is 1070. The van der Waals surface area contributed by atoms with E-state index < -0.39 is 0 Å². The molecule has 0 fully saturated rings. The second-order valence-corrected chi connectivity index (χ2v) is 7.68. The van der Waals surface area contributed by atoms with Crippen molar-refractivity contribution in [3.05, 3.63) is 40.7 Å². The van der Waals surface area contributed by atoms with E-state index in [9.17, 15) is 4.79 Å². The lowest BCUT2D eigenvalue weighted by atomic mass is 10.3. The summed E-state index contributed by atoms with van der Waals surface area (Å²) in [4.78, 5) is 27.8. The topological polar surface area (TPSA) is 85.6 Å². The minimum absolute atomic E-state index is 0.245. The first-order chi connectivity index (χ1) is 12.0. The van der Waals surface area contributed by atoms with Gasteiger partial charge in [-0.15, -0.1) is 11.3 Å². The molecule has 0 atom stereocenters. The average molecular weight is 370 g/mol. The van der Waals surface area contributed by atoms with E-state index >= 15 is 0 Å². The molecule has 7 nitrogen and oxygen atoms in total. The first kappa shape index (κ1) is 15.9. The van der Waals surface area contributed by atoms with Crippen molar-refractivity contribution in [1.29, 1.82) is 0 Å². The number of anilines is 1. The molecule has 4 aromatic rings. The summed E-state index contributed by atoms with van der Waals surface area (Å²) in [6.07, 6.45) is 1.58. The van der Waals surface area contributed by atoms with Gasteiger partial charge in [-0.2, -0.15) is 5.10 Å². The molecule has 4 aromatic heterocycles. The molecular formula is C16H14N6OS2. The molecule has 1 amide bonds. The lowest BCUT2D eigenvalue weighted by molar-refractivity contribution is 0.101. The van der Waals surface area contributed by atoms with Crippen LogP contribution in [0.4, 0.5) is 5.13 Å². The van der Waals surface area contributed by atoms with Crippen LogP contribution in [0.3, 0.4) is 0 Å². The van der Waals surface area contributed by atoms with Gasteiger partial charge in [0.25, 0.3) is 5.91 Å². The van der Waals surface area contributed by atoms with Gasteiger partial charge >= 0.3 is 0 Å². The zero-order valence-corrected chi connectivity index (χ0v) is 15.4. The molecule has 0 spiro atoms. The summed E-state index contributed by atoms with van der Waals surface area (Å²) >= 11 is 2.97. The lowest BCUT2D eigenvalue weighted by Crippen LogP contribution is -2.15. The summed E-state index contributed by atoms with van der Waals surface area (Å²) in [6, 6.07) is 5.47. The third kappa shape index (κ3) is 2.92. The smallest absolute Gasteiger partial charge is 0.275 e. The van der Waals surface area contributed by atoms with Gasteiger partial charge in [-0.3, -0.25) is 14.8 Å². The fourth-order valence-corrected chi connectivity index (χ4v) is 4.05. The van der Waals surface area contributed by atoms with Crippen LogP contribution in [-0.2, 0) is 7.05 Å². The summed E-state index contributed by atoms with van der Waals surface area (Å²) in [5, 5.41) is 8.20. The summed E-state index contributed by atoms with van der Waals surface area (Å²) in [6.45, 7) is 4.04. The van der Waals surface area contributed by atoms with Crippen LogP contribution < -0.4 is 5.32 Å². The minimum atomic E-state index is -0.245. The van der Waals surface area contributed by atoms with E-state index in [4.69, 9.17) is 0 Å². The highest BCUT2D eigenvalue weighted by Gasteiger charge is 2.15. The van der Waals surface area contributed by atoms with Crippen molar-refractivity contribution in [2.45, 2.75) is 13.8 Å². The predicted molar refractivity (Wildman–Crippen MR) is 99.2 cm³/mol. The first-order valence-electron chi connectivity index (χ1n) is 7.52. The largest absolute Gasteiger partial charge is 0.296 e. The van der Waals surface area contributed by atoms with Gasteiger partial charge in [0, 0.05) is 18.1 Å². The number of amides is 1. The summed E-state index contributed by atoms with van der Waals surface area (Å²) < 4.78 is 1.52. The molecule has 0 aliphatic rings. The zero-order chi connectivity index (χ0) is 17.6. The zero-order valence-electron chi connectivity index (χ0n) is 13.8. The SMILES string of the molecule is Cc1nc(-c2ccc3nc(NC(=O)c4ccnn4C)sc3n2)sc1C. The van der Waals surface area contributed by atoms with E-state index in [1.54, 1.807) is 30.6 Å². The van der Waals surface area contributed by atoms with Gasteiger partial charge in [-0.25, -0.2) is 15.0 Å². The van der Waals surface area contributed by atoms with E-state index in [1.165, 1.54) is 20.9 Å². The van der Waals surface area contributed by atoms with Crippen LogP contribution >= 0.6 is 22.7 Å². The number of nitrogens with one attached hydrogen (secondary N) is 1. The molecule has 4 heterocycles. The highest BCUT2D eigenvalue weighted by Crippen LogP contribution is 2.30. The summed E-state index contributed by atoms with van der Waals surface area (Å²) in [5.41, 5.74) is 3.07. The van der Waals surface area contributed by atoms with Gasteiger partial charge in [0.1, 0.15) is 26.7 Å². The van der Waals surface area contributed by atoms with Crippen molar-refractivity contribution in [1.82, 2.24) is 24.7 Å². The Labute approximate surface area is 151 Å². The number of hydrogen-bond donors (Lipinski definition) is 1. The molecule has 0 aliphatic heterocycles. The first-order valence-corrected chi connectivity index (χ1v) is 9.16. The maximum atomic E-state index is 12.3. The van der Waals surface area contributed by atoms with Crippen molar-refractivity contribution in [2.24, 2.45) is 7.05 Å². The van der Waals surface area contributed by atoms with Crippen molar-refractivity contribution in [3.63, 3.8) is 0 Å². The second kappa shape index (κ2) is 6.01. The molecule has 25 heavy (non-hydrogen) atoms. The van der Waals surface area contributed by atoms with Crippen molar-refractivity contribution in [3.8, 4) is 10.7 Å². The fourth-order valence-electron chi connectivity index (χ4n) is 2.33. The van der Waals surface area contributed by atoms with Gasteiger partial charge in [-0.1, -0.05) is 11.3 Å². The van der Waals surface area contributed by atoms with E-state index in [0.29, 0.717) is 10.8 Å². The summed E-state index contributed by atoms with van der Waals surface area (Å²) in [5.74, 6) is -0.245. The molecule has 0 aromatic carbocycles. The minimum Gasteiger partial charge on any atom is -0.296 e. The van der Waals surface area contributed by atoms with Gasteiger partial charge < -0.3 is 0 Å². The predicted octanol–water partition coefficient (Wildman–Crippen LogP) is 3.42.